The number of piperazine rings is 1. The number of hydrogen-bond acceptors (Lipinski definition) is 6. The van der Waals surface area contributed by atoms with E-state index in [1.165, 1.54) is 36.1 Å². The van der Waals surface area contributed by atoms with Gasteiger partial charge in [0.15, 0.2) is 11.4 Å². The first-order valence-electron chi connectivity index (χ1n) is 10.3. The number of aromatic nitrogens is 3. The van der Waals surface area contributed by atoms with E-state index in [0.717, 1.165) is 43.2 Å². The molecule has 1 atom stereocenters. The van der Waals surface area contributed by atoms with Gasteiger partial charge in [-0.15, -0.1) is 0 Å². The number of fused-ring (bicyclic) bond motifs is 1. The van der Waals surface area contributed by atoms with Gasteiger partial charge in [-0.2, -0.15) is 0 Å². The minimum atomic E-state index is -0.529. The van der Waals surface area contributed by atoms with Crippen molar-refractivity contribution in [1.82, 2.24) is 24.5 Å². The Kier molecular flexibility index (Phi) is 4.60. The molecule has 1 aliphatic heterocycles. The number of H-pyrrole nitrogens is 1. The van der Waals surface area contributed by atoms with Crippen molar-refractivity contribution in [1.29, 1.82) is 0 Å². The molecule has 29 heavy (non-hydrogen) atoms. The van der Waals surface area contributed by atoms with Crippen molar-refractivity contribution in [3.63, 3.8) is 0 Å². The first kappa shape index (κ1) is 18.3. The third-order valence-corrected chi connectivity index (χ3v) is 6.34. The quantitative estimate of drug-likeness (QED) is 0.724. The number of hydrogen-bond donors (Lipinski definition) is 1. The molecule has 1 unspecified atom stereocenters. The molecule has 2 aliphatic rings. The number of nitrogens with zero attached hydrogens (tertiary/aromatic N) is 4. The van der Waals surface area contributed by atoms with E-state index in [4.69, 9.17) is 4.52 Å². The molecule has 8 nitrogen and oxygen atoms in total. The summed E-state index contributed by atoms with van der Waals surface area (Å²) in [6.07, 6.45) is 5.50. The lowest BCUT2D eigenvalue weighted by molar-refractivity contribution is 0.0261. The maximum absolute atomic E-state index is 12.2. The van der Waals surface area contributed by atoms with Crippen LogP contribution >= 0.6 is 0 Å². The highest BCUT2D eigenvalue weighted by atomic mass is 16.5. The first-order chi connectivity index (χ1) is 14.1. The number of rotatable bonds is 4. The Morgan fingerprint density at radius 3 is 2.79 bits per heavy atom. The lowest BCUT2D eigenvalue weighted by Crippen LogP contribution is -2.55. The van der Waals surface area contributed by atoms with Crippen LogP contribution in [0.15, 0.2) is 44.6 Å². The van der Waals surface area contributed by atoms with Crippen molar-refractivity contribution < 1.29 is 4.52 Å². The largest absolute Gasteiger partial charge is 0.354 e. The van der Waals surface area contributed by atoms with Gasteiger partial charge in [0.1, 0.15) is 0 Å². The molecule has 1 aliphatic carbocycles. The van der Waals surface area contributed by atoms with Crippen LogP contribution in [-0.2, 0) is 6.54 Å². The molecule has 1 aromatic carbocycles. The predicted molar refractivity (Wildman–Crippen MR) is 109 cm³/mol. The molecule has 0 amide bonds. The molecule has 5 rings (SSSR count). The smallest absolute Gasteiger partial charge is 0.334 e. The molecule has 1 saturated heterocycles. The molecular formula is C21H25N5O3. The van der Waals surface area contributed by atoms with Crippen LogP contribution in [0.1, 0.15) is 31.7 Å². The van der Waals surface area contributed by atoms with Gasteiger partial charge in [0, 0.05) is 50.5 Å². The molecule has 2 fully saturated rings. The first-order valence-corrected chi connectivity index (χ1v) is 10.3. The van der Waals surface area contributed by atoms with Crippen molar-refractivity contribution in [2.24, 2.45) is 0 Å². The van der Waals surface area contributed by atoms with Crippen LogP contribution in [-0.4, -0.2) is 56.2 Å². The van der Waals surface area contributed by atoms with E-state index in [2.05, 4.69) is 32.9 Å². The summed E-state index contributed by atoms with van der Waals surface area (Å²) in [6, 6.07) is 8.58. The van der Waals surface area contributed by atoms with Gasteiger partial charge < -0.3 is 4.52 Å². The predicted octanol–water partition coefficient (Wildman–Crippen LogP) is 1.73. The Morgan fingerprint density at radius 1 is 1.21 bits per heavy atom. The zero-order chi connectivity index (χ0) is 20.0. The fourth-order valence-electron chi connectivity index (χ4n) is 4.41. The van der Waals surface area contributed by atoms with Gasteiger partial charge in [-0.1, -0.05) is 17.6 Å². The van der Waals surface area contributed by atoms with Crippen molar-refractivity contribution in [3.8, 4) is 5.82 Å². The molecule has 1 N–H and O–H groups in total. The van der Waals surface area contributed by atoms with Crippen molar-refractivity contribution >= 4 is 11.0 Å². The second kappa shape index (κ2) is 7.27. The lowest BCUT2D eigenvalue weighted by atomic mass is 9.90. The van der Waals surface area contributed by atoms with Gasteiger partial charge in [-0.05, 0) is 37.5 Å². The van der Waals surface area contributed by atoms with Gasteiger partial charge in [-0.3, -0.25) is 19.6 Å². The molecule has 0 spiro atoms. The van der Waals surface area contributed by atoms with Crippen LogP contribution in [0.2, 0.25) is 0 Å². The molecule has 1 saturated carbocycles. The van der Waals surface area contributed by atoms with Gasteiger partial charge in [0.2, 0.25) is 0 Å². The van der Waals surface area contributed by atoms with Crippen LogP contribution in [0, 0.1) is 0 Å². The molecule has 3 heterocycles. The van der Waals surface area contributed by atoms with Crippen LogP contribution < -0.4 is 11.2 Å². The molecule has 3 aromatic rings. The van der Waals surface area contributed by atoms with E-state index in [-0.39, 0.29) is 0 Å². The van der Waals surface area contributed by atoms with E-state index < -0.39 is 11.2 Å². The SMILES string of the molecule is CC1CN(C2CCC2)CCN1Cc1ccc2onc(-n3ccc(=O)[nH]c3=O)c2c1. The Morgan fingerprint density at radius 2 is 2.07 bits per heavy atom. The number of benzene rings is 1. The third kappa shape index (κ3) is 3.42. The molecule has 2 aromatic heterocycles. The Labute approximate surface area is 167 Å². The molecule has 0 radical (unpaired) electrons. The zero-order valence-corrected chi connectivity index (χ0v) is 16.5. The van der Waals surface area contributed by atoms with Crippen LogP contribution in [0.3, 0.4) is 0 Å². The Bertz CT molecular complexity index is 1140. The zero-order valence-electron chi connectivity index (χ0n) is 16.5. The van der Waals surface area contributed by atoms with Crippen LogP contribution in [0.4, 0.5) is 0 Å². The van der Waals surface area contributed by atoms with E-state index in [9.17, 15) is 9.59 Å². The average molecular weight is 395 g/mol. The maximum atomic E-state index is 12.2. The Hall–Kier alpha value is -2.71. The van der Waals surface area contributed by atoms with E-state index >= 15 is 0 Å². The normalized spacial score (nSPS) is 21.5. The summed E-state index contributed by atoms with van der Waals surface area (Å²) in [4.78, 5) is 30.9. The number of nitrogens with one attached hydrogen (secondary N) is 1. The minimum absolute atomic E-state index is 0.394. The van der Waals surface area contributed by atoms with Crippen molar-refractivity contribution in [2.45, 2.75) is 44.8 Å². The monoisotopic (exact) mass is 395 g/mol. The van der Waals surface area contributed by atoms with Gasteiger partial charge in [0.25, 0.3) is 5.56 Å². The summed E-state index contributed by atoms with van der Waals surface area (Å²) in [5.74, 6) is 0.394. The lowest BCUT2D eigenvalue weighted by Gasteiger charge is -2.46. The highest BCUT2D eigenvalue weighted by Gasteiger charge is 2.31. The molecule has 152 valence electrons. The molecule has 0 bridgehead atoms. The van der Waals surface area contributed by atoms with E-state index in [0.29, 0.717) is 17.4 Å². The number of aromatic amines is 1. The standard InChI is InChI=1S/C21H25N5O3/c1-14-12-25(16-3-2-4-16)10-9-24(14)13-15-5-6-18-17(11-15)20(23-29-18)26-8-7-19(27)22-21(26)28/h5-8,11,14,16H,2-4,9-10,12-13H2,1H3,(H,22,27,28). The Balaban J connectivity index is 1.39. The third-order valence-electron chi connectivity index (χ3n) is 6.34. The molecular weight excluding hydrogens is 370 g/mol. The topological polar surface area (TPSA) is 87.4 Å². The fourth-order valence-corrected chi connectivity index (χ4v) is 4.41. The fraction of sp³-hybridized carbons (Fsp3) is 0.476. The maximum Gasteiger partial charge on any atom is 0.334 e. The molecule has 8 heteroatoms. The summed E-state index contributed by atoms with van der Waals surface area (Å²) in [5, 5.41) is 4.81. The van der Waals surface area contributed by atoms with Gasteiger partial charge in [0.05, 0.1) is 5.39 Å². The average Bonchev–Trinajstić information content (AvgIpc) is 3.06. The summed E-state index contributed by atoms with van der Waals surface area (Å²) in [5.41, 5.74) is 0.807. The van der Waals surface area contributed by atoms with Crippen LogP contribution in [0.25, 0.3) is 16.8 Å². The summed E-state index contributed by atoms with van der Waals surface area (Å²) in [6.45, 7) is 6.46. The van der Waals surface area contributed by atoms with Gasteiger partial charge in [-0.25, -0.2) is 9.36 Å². The van der Waals surface area contributed by atoms with Gasteiger partial charge >= 0.3 is 5.69 Å². The highest BCUT2D eigenvalue weighted by molar-refractivity contribution is 5.84. The van der Waals surface area contributed by atoms with E-state index in [1.807, 2.05) is 12.1 Å². The summed E-state index contributed by atoms with van der Waals surface area (Å²) in [7, 11) is 0. The van der Waals surface area contributed by atoms with Crippen molar-refractivity contribution in [2.75, 3.05) is 19.6 Å². The second-order valence-corrected chi connectivity index (χ2v) is 8.22. The second-order valence-electron chi connectivity index (χ2n) is 8.22. The summed E-state index contributed by atoms with van der Waals surface area (Å²) >= 11 is 0. The highest BCUT2D eigenvalue weighted by Crippen LogP contribution is 2.28. The minimum Gasteiger partial charge on any atom is -0.354 e. The van der Waals surface area contributed by atoms with E-state index in [1.54, 1.807) is 0 Å². The summed E-state index contributed by atoms with van der Waals surface area (Å²) < 4.78 is 6.69. The van der Waals surface area contributed by atoms with Crippen molar-refractivity contribution in [3.05, 3.63) is 56.9 Å². The van der Waals surface area contributed by atoms with Crippen LogP contribution in [0.5, 0.6) is 0 Å².